The lowest BCUT2D eigenvalue weighted by molar-refractivity contribution is -0.384. The molecule has 1 N–H and O–H groups in total. The second-order valence-corrected chi connectivity index (χ2v) is 8.58. The Morgan fingerprint density at radius 3 is 2.83 bits per heavy atom. The van der Waals surface area contributed by atoms with Crippen LogP contribution in [0.5, 0.6) is 0 Å². The van der Waals surface area contributed by atoms with Gasteiger partial charge in [-0.1, -0.05) is 25.4 Å². The van der Waals surface area contributed by atoms with E-state index in [2.05, 4.69) is 12.2 Å². The maximum absolute atomic E-state index is 12.8. The fraction of sp³-hybridized carbons (Fsp3) is 0.400. The molecule has 9 heteroatoms. The lowest BCUT2D eigenvalue weighted by Crippen LogP contribution is -2.17. The molecule has 0 bridgehead atoms. The third-order valence-corrected chi connectivity index (χ3v) is 6.27. The zero-order valence-electron chi connectivity index (χ0n) is 16.1. The van der Waals surface area contributed by atoms with E-state index in [9.17, 15) is 19.7 Å². The van der Waals surface area contributed by atoms with Crippen molar-refractivity contribution >= 4 is 45.5 Å². The number of ether oxygens (including phenoxy) is 1. The third-order valence-electron chi connectivity index (χ3n) is 4.79. The van der Waals surface area contributed by atoms with Gasteiger partial charge in [0.05, 0.1) is 27.7 Å². The number of hydrogen-bond acceptors (Lipinski definition) is 6. The molecule has 3 rings (SSSR count). The fourth-order valence-electron chi connectivity index (χ4n) is 3.29. The molecule has 29 heavy (non-hydrogen) atoms. The number of carbonyl (C=O) groups is 2. The van der Waals surface area contributed by atoms with Crippen LogP contribution >= 0.6 is 22.9 Å². The predicted octanol–water partition coefficient (Wildman–Crippen LogP) is 5.25. The molecule has 1 aliphatic carbocycles. The monoisotopic (exact) mass is 436 g/mol. The normalized spacial score (nSPS) is 15.5. The van der Waals surface area contributed by atoms with E-state index in [-0.39, 0.29) is 16.3 Å². The number of amides is 1. The second kappa shape index (κ2) is 8.92. The Morgan fingerprint density at radius 2 is 2.17 bits per heavy atom. The molecule has 1 aliphatic rings. The van der Waals surface area contributed by atoms with Crippen LogP contribution in [0.3, 0.4) is 0 Å². The zero-order chi connectivity index (χ0) is 21.1. The van der Waals surface area contributed by atoms with Gasteiger partial charge < -0.3 is 10.1 Å². The summed E-state index contributed by atoms with van der Waals surface area (Å²) in [5.41, 5.74) is 1.26. The molecule has 1 amide bonds. The first kappa shape index (κ1) is 21.3. The van der Waals surface area contributed by atoms with Crippen LogP contribution in [0, 0.1) is 16.0 Å². The van der Waals surface area contributed by atoms with Crippen molar-refractivity contribution in [2.24, 2.45) is 5.92 Å². The van der Waals surface area contributed by atoms with Crippen LogP contribution in [0.1, 0.15) is 57.8 Å². The summed E-state index contributed by atoms with van der Waals surface area (Å²) in [6.07, 6.45) is 3.29. The number of nitrogens with one attached hydrogen (secondary N) is 1. The number of esters is 1. The molecule has 1 unspecified atom stereocenters. The number of fused-ring (bicyclic) bond motifs is 1. The molecule has 0 saturated carbocycles. The number of hydrogen-bond donors (Lipinski definition) is 1. The Kier molecular flexibility index (Phi) is 6.54. The first-order chi connectivity index (χ1) is 13.8. The topological polar surface area (TPSA) is 98.5 Å². The van der Waals surface area contributed by atoms with Crippen molar-refractivity contribution in [1.29, 1.82) is 0 Å². The van der Waals surface area contributed by atoms with Crippen LogP contribution < -0.4 is 5.32 Å². The van der Waals surface area contributed by atoms with Crippen molar-refractivity contribution in [3.05, 3.63) is 54.9 Å². The van der Waals surface area contributed by atoms with E-state index in [1.807, 2.05) is 6.92 Å². The number of non-ortho nitro benzene ring substituents is 1. The second-order valence-electron chi connectivity index (χ2n) is 7.07. The van der Waals surface area contributed by atoms with Gasteiger partial charge >= 0.3 is 5.97 Å². The molecule has 0 spiro atoms. The molecule has 1 aromatic carbocycles. The van der Waals surface area contributed by atoms with Gasteiger partial charge in [-0.25, -0.2) is 4.79 Å². The molecule has 2 aromatic rings. The van der Waals surface area contributed by atoms with E-state index >= 15 is 0 Å². The van der Waals surface area contributed by atoms with Crippen LogP contribution in [-0.2, 0) is 17.6 Å². The van der Waals surface area contributed by atoms with Gasteiger partial charge in [0.15, 0.2) is 0 Å². The van der Waals surface area contributed by atoms with Crippen molar-refractivity contribution < 1.29 is 19.2 Å². The minimum Gasteiger partial charge on any atom is -0.462 e. The number of rotatable bonds is 6. The van der Waals surface area contributed by atoms with Gasteiger partial charge in [-0.15, -0.1) is 11.3 Å². The van der Waals surface area contributed by atoms with Crippen LogP contribution in [0.25, 0.3) is 0 Å². The molecule has 0 fully saturated rings. The largest absolute Gasteiger partial charge is 0.462 e. The number of thiophene rings is 1. The first-order valence-corrected chi connectivity index (χ1v) is 10.6. The quantitative estimate of drug-likeness (QED) is 0.378. The van der Waals surface area contributed by atoms with Gasteiger partial charge in [-0.05, 0) is 43.2 Å². The van der Waals surface area contributed by atoms with Crippen molar-refractivity contribution in [1.82, 2.24) is 0 Å². The lowest BCUT2D eigenvalue weighted by atomic mass is 9.88. The maximum atomic E-state index is 12.8. The Labute approximate surface area is 177 Å². The standard InChI is InChI=1S/C20H21ClN2O5S/c1-3-8-28-20(25)17-14-6-4-11(2)9-16(14)29-19(17)22-18(24)13-7-5-12(23(26)27)10-15(13)21/h5,7,10-11H,3-4,6,8-9H2,1-2H3,(H,22,24). The number of anilines is 1. The SMILES string of the molecule is CCCOC(=O)c1c(NC(=O)c2ccc([N+](=O)[O-])cc2Cl)sc2c1CCC(C)C2. The highest BCUT2D eigenvalue weighted by atomic mass is 35.5. The van der Waals surface area contributed by atoms with E-state index < -0.39 is 16.8 Å². The minimum atomic E-state index is -0.579. The molecule has 0 radical (unpaired) electrons. The zero-order valence-corrected chi connectivity index (χ0v) is 17.7. The third kappa shape index (κ3) is 4.59. The molecule has 0 aliphatic heterocycles. The van der Waals surface area contributed by atoms with E-state index in [0.29, 0.717) is 29.5 Å². The Hall–Kier alpha value is -2.45. The van der Waals surface area contributed by atoms with E-state index in [4.69, 9.17) is 16.3 Å². The highest BCUT2D eigenvalue weighted by molar-refractivity contribution is 7.17. The summed E-state index contributed by atoms with van der Waals surface area (Å²) < 4.78 is 5.34. The molecule has 154 valence electrons. The Morgan fingerprint density at radius 1 is 1.41 bits per heavy atom. The number of carbonyl (C=O) groups excluding carboxylic acids is 2. The maximum Gasteiger partial charge on any atom is 0.341 e. The minimum absolute atomic E-state index is 0.0262. The van der Waals surface area contributed by atoms with E-state index in [1.54, 1.807) is 0 Å². The van der Waals surface area contributed by atoms with Gasteiger partial charge in [0.2, 0.25) is 0 Å². The van der Waals surface area contributed by atoms with Crippen LogP contribution in [-0.4, -0.2) is 23.4 Å². The summed E-state index contributed by atoms with van der Waals surface area (Å²) >= 11 is 7.45. The summed E-state index contributed by atoms with van der Waals surface area (Å²) in [6.45, 7) is 4.38. The average Bonchev–Trinajstić information content (AvgIpc) is 3.02. The van der Waals surface area contributed by atoms with Crippen molar-refractivity contribution in [2.75, 3.05) is 11.9 Å². The summed E-state index contributed by atoms with van der Waals surface area (Å²) in [5, 5.41) is 14.0. The summed E-state index contributed by atoms with van der Waals surface area (Å²) in [5.74, 6) is -0.460. The Bertz CT molecular complexity index is 972. The fourth-order valence-corrected chi connectivity index (χ4v) is 4.95. The molecule has 7 nitrogen and oxygen atoms in total. The summed E-state index contributed by atoms with van der Waals surface area (Å²) in [4.78, 5) is 36.8. The van der Waals surface area contributed by atoms with Gasteiger partial charge in [0, 0.05) is 17.0 Å². The van der Waals surface area contributed by atoms with E-state index in [1.165, 1.54) is 23.5 Å². The number of benzene rings is 1. The van der Waals surface area contributed by atoms with Gasteiger partial charge in [0.25, 0.3) is 11.6 Å². The number of nitro groups is 1. The average molecular weight is 437 g/mol. The van der Waals surface area contributed by atoms with E-state index in [0.717, 1.165) is 35.8 Å². The summed E-state index contributed by atoms with van der Waals surface area (Å²) in [6, 6.07) is 3.66. The van der Waals surface area contributed by atoms with Crippen molar-refractivity contribution in [3.63, 3.8) is 0 Å². The van der Waals surface area contributed by atoms with Crippen molar-refractivity contribution in [2.45, 2.75) is 39.5 Å². The highest BCUT2D eigenvalue weighted by Gasteiger charge is 2.29. The molecular weight excluding hydrogens is 416 g/mol. The van der Waals surface area contributed by atoms with Crippen LogP contribution in [0.4, 0.5) is 10.7 Å². The van der Waals surface area contributed by atoms with Crippen LogP contribution in [0.2, 0.25) is 5.02 Å². The van der Waals surface area contributed by atoms with Crippen molar-refractivity contribution in [3.8, 4) is 0 Å². The highest BCUT2D eigenvalue weighted by Crippen LogP contribution is 2.40. The molecular formula is C20H21ClN2O5S. The number of nitro benzene ring substituents is 1. The van der Waals surface area contributed by atoms with Gasteiger partial charge in [0.1, 0.15) is 5.00 Å². The lowest BCUT2D eigenvalue weighted by Gasteiger charge is -2.18. The molecule has 1 atom stereocenters. The smallest absolute Gasteiger partial charge is 0.341 e. The van der Waals surface area contributed by atoms with Gasteiger partial charge in [-0.3, -0.25) is 14.9 Å². The first-order valence-electron chi connectivity index (χ1n) is 9.38. The summed E-state index contributed by atoms with van der Waals surface area (Å²) in [7, 11) is 0. The molecule has 1 heterocycles. The molecule has 1 aromatic heterocycles. The number of nitrogens with zero attached hydrogens (tertiary/aromatic N) is 1. The van der Waals surface area contributed by atoms with Crippen LogP contribution in [0.15, 0.2) is 18.2 Å². The predicted molar refractivity (Wildman–Crippen MR) is 112 cm³/mol. The Balaban J connectivity index is 1.93. The van der Waals surface area contributed by atoms with Gasteiger partial charge in [-0.2, -0.15) is 0 Å². The number of halogens is 1. The molecule has 0 saturated heterocycles.